The van der Waals surface area contributed by atoms with Crippen LogP contribution in [0.25, 0.3) is 0 Å². The Morgan fingerprint density at radius 2 is 1.87 bits per heavy atom. The lowest BCUT2D eigenvalue weighted by Crippen LogP contribution is -2.37. The van der Waals surface area contributed by atoms with E-state index in [-0.39, 0.29) is 5.91 Å². The number of nitrogens with one attached hydrogen (secondary N) is 1. The minimum atomic E-state index is -0.632. The average Bonchev–Trinajstić information content (AvgIpc) is 2.52. The van der Waals surface area contributed by atoms with Crippen LogP contribution < -0.4 is 10.1 Å². The largest absolute Gasteiger partial charge is 0.479 e. The summed E-state index contributed by atoms with van der Waals surface area (Å²) in [5.74, 6) is 0.222. The van der Waals surface area contributed by atoms with Gasteiger partial charge >= 0.3 is 0 Å². The molecule has 3 nitrogen and oxygen atoms in total. The first-order valence-electron chi connectivity index (χ1n) is 7.13. The summed E-state index contributed by atoms with van der Waals surface area (Å²) in [6.07, 6.45) is -0.117. The van der Waals surface area contributed by atoms with Crippen LogP contribution in [0.1, 0.15) is 18.9 Å². The Balaban J connectivity index is 1.98. The van der Waals surface area contributed by atoms with Crippen molar-refractivity contribution in [2.24, 2.45) is 0 Å². The van der Waals surface area contributed by atoms with E-state index in [1.807, 2.05) is 19.1 Å². The number of hydrogen-bond acceptors (Lipinski definition) is 2. The number of benzene rings is 2. The fourth-order valence-corrected chi connectivity index (χ4v) is 2.66. The number of halogens is 3. The fraction of sp³-hybridized carbons (Fsp3) is 0.235. The Morgan fingerprint density at radius 1 is 1.13 bits per heavy atom. The molecule has 6 heteroatoms. The van der Waals surface area contributed by atoms with E-state index in [2.05, 4.69) is 5.32 Å². The average molecular weight is 373 g/mol. The van der Waals surface area contributed by atoms with Crippen molar-refractivity contribution >= 4 is 40.7 Å². The molecule has 0 bridgehead atoms. The second-order valence-corrected chi connectivity index (χ2v) is 6.22. The topological polar surface area (TPSA) is 38.3 Å². The van der Waals surface area contributed by atoms with Crippen molar-refractivity contribution in [3.8, 4) is 5.75 Å². The third-order valence-corrected chi connectivity index (χ3v) is 3.95. The van der Waals surface area contributed by atoms with Gasteiger partial charge in [-0.25, -0.2) is 0 Å². The first-order valence-corrected chi connectivity index (χ1v) is 8.27. The quantitative estimate of drug-likeness (QED) is 0.764. The third-order valence-electron chi connectivity index (χ3n) is 3.18. The molecule has 0 aromatic heterocycles. The summed E-state index contributed by atoms with van der Waals surface area (Å²) < 4.78 is 5.69. The van der Waals surface area contributed by atoms with Crippen molar-refractivity contribution in [2.75, 3.05) is 0 Å². The van der Waals surface area contributed by atoms with Crippen molar-refractivity contribution in [1.82, 2.24) is 5.32 Å². The lowest BCUT2D eigenvalue weighted by atomic mass is 10.2. The molecule has 0 radical (unpaired) electrons. The van der Waals surface area contributed by atoms with Crippen LogP contribution in [-0.4, -0.2) is 12.0 Å². The minimum absolute atomic E-state index is 0.210. The highest BCUT2D eigenvalue weighted by Crippen LogP contribution is 2.28. The van der Waals surface area contributed by atoms with Gasteiger partial charge in [-0.1, -0.05) is 53.9 Å². The molecule has 0 aliphatic heterocycles. The summed E-state index contributed by atoms with van der Waals surface area (Å²) in [6.45, 7) is 2.25. The molecular weight excluding hydrogens is 357 g/mol. The molecule has 0 aliphatic carbocycles. The summed E-state index contributed by atoms with van der Waals surface area (Å²) >= 11 is 17.8. The van der Waals surface area contributed by atoms with E-state index in [0.717, 1.165) is 5.56 Å². The monoisotopic (exact) mass is 371 g/mol. The van der Waals surface area contributed by atoms with Gasteiger partial charge in [-0.3, -0.25) is 4.79 Å². The highest BCUT2D eigenvalue weighted by Gasteiger charge is 2.19. The highest BCUT2D eigenvalue weighted by atomic mass is 35.5. The molecule has 2 aromatic carbocycles. The second-order valence-electron chi connectivity index (χ2n) is 4.94. The van der Waals surface area contributed by atoms with Crippen LogP contribution in [0.2, 0.25) is 15.1 Å². The molecule has 1 N–H and O–H groups in total. The Labute approximate surface area is 150 Å². The third kappa shape index (κ3) is 5.31. The van der Waals surface area contributed by atoms with Gasteiger partial charge in [0.2, 0.25) is 0 Å². The van der Waals surface area contributed by atoms with Gasteiger partial charge in [-0.05, 0) is 42.3 Å². The predicted octanol–water partition coefficient (Wildman–Crippen LogP) is 5.12. The molecule has 0 saturated heterocycles. The molecule has 0 heterocycles. The normalized spacial score (nSPS) is 11.8. The van der Waals surface area contributed by atoms with Crippen LogP contribution in [0.15, 0.2) is 42.5 Å². The Hall–Kier alpha value is -1.42. The lowest BCUT2D eigenvalue weighted by Gasteiger charge is -2.18. The summed E-state index contributed by atoms with van der Waals surface area (Å²) in [5.41, 5.74) is 0.922. The zero-order valence-electron chi connectivity index (χ0n) is 12.5. The highest BCUT2D eigenvalue weighted by molar-refractivity contribution is 6.35. The van der Waals surface area contributed by atoms with E-state index in [1.54, 1.807) is 30.3 Å². The maximum absolute atomic E-state index is 12.3. The number of carbonyl (C=O) groups is 1. The second kappa shape index (κ2) is 8.44. The van der Waals surface area contributed by atoms with Gasteiger partial charge in [0.15, 0.2) is 6.10 Å². The van der Waals surface area contributed by atoms with Crippen molar-refractivity contribution < 1.29 is 9.53 Å². The zero-order valence-corrected chi connectivity index (χ0v) is 14.8. The fourth-order valence-electron chi connectivity index (χ4n) is 2.00. The van der Waals surface area contributed by atoms with Crippen LogP contribution in [-0.2, 0) is 11.3 Å². The molecule has 0 aliphatic rings. The van der Waals surface area contributed by atoms with Crippen LogP contribution in [0.5, 0.6) is 5.75 Å². The predicted molar refractivity (Wildman–Crippen MR) is 94.5 cm³/mol. The first kappa shape index (κ1) is 17.9. The van der Waals surface area contributed by atoms with Crippen LogP contribution in [0.3, 0.4) is 0 Å². The first-order chi connectivity index (χ1) is 11.0. The van der Waals surface area contributed by atoms with E-state index in [0.29, 0.717) is 33.8 Å². The lowest BCUT2D eigenvalue weighted by molar-refractivity contribution is -0.128. The number of amides is 1. The van der Waals surface area contributed by atoms with Crippen molar-refractivity contribution in [3.63, 3.8) is 0 Å². The maximum atomic E-state index is 12.3. The summed E-state index contributed by atoms with van der Waals surface area (Å²) in [6, 6.07) is 12.2. The molecule has 0 fully saturated rings. The van der Waals surface area contributed by atoms with Crippen LogP contribution in [0.4, 0.5) is 0 Å². The number of rotatable bonds is 6. The maximum Gasteiger partial charge on any atom is 0.261 e. The summed E-state index contributed by atoms with van der Waals surface area (Å²) in [5, 5.41) is 4.36. The molecule has 1 unspecified atom stereocenters. The van der Waals surface area contributed by atoms with E-state index in [4.69, 9.17) is 39.5 Å². The van der Waals surface area contributed by atoms with Crippen molar-refractivity contribution in [2.45, 2.75) is 26.0 Å². The summed E-state index contributed by atoms with van der Waals surface area (Å²) in [4.78, 5) is 12.3. The number of ether oxygens (including phenoxy) is 1. The Morgan fingerprint density at radius 3 is 2.52 bits per heavy atom. The van der Waals surface area contributed by atoms with Crippen LogP contribution in [0, 0.1) is 0 Å². The van der Waals surface area contributed by atoms with E-state index in [1.165, 1.54) is 0 Å². The standard InChI is InChI=1S/C17H16Cl3NO2/c1-2-15(23-16-7-6-13(19)9-14(16)20)17(22)21-10-11-4-3-5-12(18)8-11/h3-9,15H,2,10H2,1H3,(H,21,22). The van der Waals surface area contributed by atoms with E-state index < -0.39 is 6.10 Å². The van der Waals surface area contributed by atoms with Crippen molar-refractivity contribution in [1.29, 1.82) is 0 Å². The van der Waals surface area contributed by atoms with Gasteiger partial charge in [0.1, 0.15) is 5.75 Å². The zero-order chi connectivity index (χ0) is 16.8. The van der Waals surface area contributed by atoms with Gasteiger partial charge in [0.25, 0.3) is 5.91 Å². The molecule has 1 amide bonds. The molecule has 0 spiro atoms. The molecule has 1 atom stereocenters. The van der Waals surface area contributed by atoms with Crippen molar-refractivity contribution in [3.05, 3.63) is 63.1 Å². The van der Waals surface area contributed by atoms with Gasteiger partial charge in [0, 0.05) is 16.6 Å². The van der Waals surface area contributed by atoms with Gasteiger partial charge in [-0.2, -0.15) is 0 Å². The Kier molecular flexibility index (Phi) is 6.58. The minimum Gasteiger partial charge on any atom is -0.479 e. The molecule has 2 rings (SSSR count). The molecule has 122 valence electrons. The molecule has 0 saturated carbocycles. The van der Waals surface area contributed by atoms with Crippen LogP contribution >= 0.6 is 34.8 Å². The van der Waals surface area contributed by atoms with E-state index in [9.17, 15) is 4.79 Å². The van der Waals surface area contributed by atoms with Gasteiger partial charge in [-0.15, -0.1) is 0 Å². The van der Waals surface area contributed by atoms with E-state index >= 15 is 0 Å². The number of hydrogen-bond donors (Lipinski definition) is 1. The SMILES string of the molecule is CCC(Oc1ccc(Cl)cc1Cl)C(=O)NCc1cccc(Cl)c1. The number of carbonyl (C=O) groups excluding carboxylic acids is 1. The molecule has 23 heavy (non-hydrogen) atoms. The molecule has 2 aromatic rings. The molecular formula is C17H16Cl3NO2. The smallest absolute Gasteiger partial charge is 0.261 e. The Bertz CT molecular complexity index is 691. The summed E-state index contributed by atoms with van der Waals surface area (Å²) in [7, 11) is 0. The van der Waals surface area contributed by atoms with Gasteiger partial charge in [0.05, 0.1) is 5.02 Å². The van der Waals surface area contributed by atoms with Gasteiger partial charge < -0.3 is 10.1 Å².